The van der Waals surface area contributed by atoms with Crippen LogP contribution in [-0.4, -0.2) is 39.2 Å². The van der Waals surface area contributed by atoms with E-state index in [0.717, 1.165) is 38.2 Å². The molecular weight excluding hydrogens is 547 g/mol. The van der Waals surface area contributed by atoms with E-state index in [0.29, 0.717) is 16.5 Å². The third-order valence-corrected chi connectivity index (χ3v) is 9.95. The van der Waals surface area contributed by atoms with Crippen LogP contribution >= 0.6 is 0 Å². The van der Waals surface area contributed by atoms with Crippen molar-refractivity contribution in [3.05, 3.63) is 126 Å². The van der Waals surface area contributed by atoms with Crippen LogP contribution in [-0.2, 0) is 5.41 Å². The Hall–Kier alpha value is -4.62. The van der Waals surface area contributed by atoms with Gasteiger partial charge in [-0.1, -0.05) is 140 Å². The summed E-state index contributed by atoms with van der Waals surface area (Å²) in [6.07, 6.45) is 0. The van der Waals surface area contributed by atoms with Gasteiger partial charge >= 0.3 is 0 Å². The minimum absolute atomic E-state index is 0.0952. The number of hydrogen-bond acceptors (Lipinski definition) is 0. The van der Waals surface area contributed by atoms with Crippen molar-refractivity contribution < 1.29 is 0 Å². The summed E-state index contributed by atoms with van der Waals surface area (Å²) in [7, 11) is 32.1. The van der Waals surface area contributed by atoms with Gasteiger partial charge in [0.15, 0.2) is 0 Å². The molecule has 46 heavy (non-hydrogen) atoms. The lowest BCUT2D eigenvalue weighted by atomic mass is 9.59. The lowest BCUT2D eigenvalue weighted by Gasteiger charge is -2.25. The molecular formula is C41H25B5. The molecule has 0 aliphatic heterocycles. The van der Waals surface area contributed by atoms with Crippen LogP contribution in [0.3, 0.4) is 0 Å². The molecule has 0 fully saturated rings. The zero-order valence-corrected chi connectivity index (χ0v) is 25.9. The van der Waals surface area contributed by atoms with E-state index in [-0.39, 0.29) is 21.8 Å². The Morgan fingerprint density at radius 1 is 0.370 bits per heavy atom. The molecule has 1 aliphatic rings. The van der Waals surface area contributed by atoms with Gasteiger partial charge in [-0.2, -0.15) is 0 Å². The van der Waals surface area contributed by atoms with E-state index < -0.39 is 0 Å². The van der Waals surface area contributed by atoms with Crippen molar-refractivity contribution in [1.29, 1.82) is 0 Å². The molecule has 0 unspecified atom stereocenters. The van der Waals surface area contributed by atoms with Crippen molar-refractivity contribution in [3.63, 3.8) is 0 Å². The predicted octanol–water partition coefficient (Wildman–Crippen LogP) is 5.27. The molecule has 0 heterocycles. The SMILES string of the molecule is [B]c1c([B])c([B])c(-c2c3ccccc3c(-c3ccc(-c4cccc5c4C(C)(C)c4ccccc4-5)cc3)c3ccccc23)c([B])c1[B]. The largest absolute Gasteiger partial charge is 0.113 e. The highest BCUT2D eigenvalue weighted by molar-refractivity contribution is 6.69. The third-order valence-electron chi connectivity index (χ3n) is 9.95. The number of benzene rings is 7. The first-order valence-electron chi connectivity index (χ1n) is 15.5. The summed E-state index contributed by atoms with van der Waals surface area (Å²) in [6.45, 7) is 4.66. The first-order valence-corrected chi connectivity index (χ1v) is 15.5. The number of fused-ring (bicyclic) bond motifs is 5. The zero-order chi connectivity index (χ0) is 31.9. The average Bonchev–Trinajstić information content (AvgIpc) is 3.33. The van der Waals surface area contributed by atoms with Crippen molar-refractivity contribution >= 4 is 88.1 Å². The van der Waals surface area contributed by atoms with Crippen LogP contribution in [0, 0.1) is 0 Å². The van der Waals surface area contributed by atoms with E-state index in [4.69, 9.17) is 39.2 Å². The first kappa shape index (κ1) is 28.8. The molecule has 0 bridgehead atoms. The van der Waals surface area contributed by atoms with E-state index in [1.54, 1.807) is 0 Å². The normalized spacial score (nSPS) is 13.2. The fourth-order valence-corrected chi connectivity index (χ4v) is 7.73. The van der Waals surface area contributed by atoms with Gasteiger partial charge < -0.3 is 0 Å². The smallest absolute Gasteiger partial charge is 0.112 e. The molecule has 0 aromatic heterocycles. The van der Waals surface area contributed by atoms with Crippen LogP contribution in [0.5, 0.6) is 0 Å². The third kappa shape index (κ3) is 4.00. The van der Waals surface area contributed by atoms with Crippen LogP contribution in [0.2, 0.25) is 0 Å². The standard InChI is InChI=1S/C41H25B5/c1-41(2)31-17-8-7-10-25(31)30-16-9-15-24(35(30)41)22-18-20-23(21-19-22)32-26-11-3-5-13-28(26)33(29-14-6-4-12-27(29)32)34-36(42)38(44)40(46)39(45)37(34)43/h3-21H,1-2H3. The maximum absolute atomic E-state index is 6.63. The van der Waals surface area contributed by atoms with Gasteiger partial charge in [-0.05, 0) is 77.2 Å². The van der Waals surface area contributed by atoms with Crippen LogP contribution < -0.4 is 27.3 Å². The van der Waals surface area contributed by atoms with Gasteiger partial charge in [0.1, 0.15) is 39.2 Å². The molecule has 7 aromatic rings. The van der Waals surface area contributed by atoms with Gasteiger partial charge in [-0.3, -0.25) is 0 Å². The summed E-state index contributed by atoms with van der Waals surface area (Å²) in [6, 6.07) is 41.1. The summed E-state index contributed by atoms with van der Waals surface area (Å²) in [5.74, 6) is 0. The van der Waals surface area contributed by atoms with Crippen molar-refractivity contribution in [2.75, 3.05) is 0 Å². The summed E-state index contributed by atoms with van der Waals surface area (Å²) < 4.78 is 0. The second kappa shape index (κ2) is 10.5. The molecule has 204 valence electrons. The Bertz CT molecular complexity index is 2300. The van der Waals surface area contributed by atoms with E-state index in [2.05, 4.69) is 117 Å². The maximum Gasteiger partial charge on any atom is 0.113 e. The van der Waals surface area contributed by atoms with Crippen LogP contribution in [0.15, 0.2) is 115 Å². The Morgan fingerprint density at radius 3 is 1.39 bits per heavy atom. The molecule has 7 aromatic carbocycles. The van der Waals surface area contributed by atoms with Gasteiger partial charge in [0, 0.05) is 5.41 Å². The molecule has 0 amide bonds. The minimum atomic E-state index is -0.0952. The summed E-state index contributed by atoms with van der Waals surface area (Å²) >= 11 is 0. The second-order valence-corrected chi connectivity index (χ2v) is 12.8. The summed E-state index contributed by atoms with van der Waals surface area (Å²) in [5.41, 5.74) is 12.9. The highest BCUT2D eigenvalue weighted by Gasteiger charge is 2.37. The summed E-state index contributed by atoms with van der Waals surface area (Å²) in [4.78, 5) is 0. The van der Waals surface area contributed by atoms with E-state index in [1.165, 1.54) is 33.4 Å². The van der Waals surface area contributed by atoms with E-state index >= 15 is 0 Å². The Morgan fingerprint density at radius 2 is 0.804 bits per heavy atom. The molecule has 0 spiro atoms. The van der Waals surface area contributed by atoms with Crippen molar-refractivity contribution in [2.24, 2.45) is 0 Å². The average molecular weight is 572 g/mol. The van der Waals surface area contributed by atoms with Crippen LogP contribution in [0.4, 0.5) is 0 Å². The number of hydrogen-bond donors (Lipinski definition) is 0. The van der Waals surface area contributed by atoms with Gasteiger partial charge in [0.2, 0.25) is 0 Å². The lowest BCUT2D eigenvalue weighted by Crippen LogP contribution is -2.55. The quantitative estimate of drug-likeness (QED) is 0.200. The van der Waals surface area contributed by atoms with Gasteiger partial charge in [-0.25, -0.2) is 0 Å². The molecule has 0 nitrogen and oxygen atoms in total. The topological polar surface area (TPSA) is 0 Å². The summed E-state index contributed by atoms with van der Waals surface area (Å²) in [5, 5.41) is 4.16. The van der Waals surface area contributed by atoms with Crippen molar-refractivity contribution in [2.45, 2.75) is 19.3 Å². The van der Waals surface area contributed by atoms with Crippen LogP contribution in [0.25, 0.3) is 66.1 Å². The molecule has 0 saturated heterocycles. The maximum atomic E-state index is 6.63. The Kier molecular flexibility index (Phi) is 6.56. The molecule has 0 N–H and O–H groups in total. The van der Waals surface area contributed by atoms with Crippen LogP contribution in [0.1, 0.15) is 25.0 Å². The van der Waals surface area contributed by atoms with Gasteiger partial charge in [0.25, 0.3) is 0 Å². The number of rotatable bonds is 3. The minimum Gasteiger partial charge on any atom is -0.112 e. The predicted molar refractivity (Wildman–Crippen MR) is 202 cm³/mol. The Balaban J connectivity index is 1.35. The first-order chi connectivity index (χ1) is 22.2. The molecule has 10 radical (unpaired) electrons. The monoisotopic (exact) mass is 572 g/mol. The fraction of sp³-hybridized carbons (Fsp3) is 0.0732. The Labute approximate surface area is 277 Å². The fourth-order valence-electron chi connectivity index (χ4n) is 7.73. The van der Waals surface area contributed by atoms with E-state index in [9.17, 15) is 0 Å². The molecule has 8 rings (SSSR count). The second-order valence-electron chi connectivity index (χ2n) is 12.8. The molecule has 1 aliphatic carbocycles. The van der Waals surface area contributed by atoms with E-state index in [1.807, 2.05) is 12.1 Å². The van der Waals surface area contributed by atoms with Crippen molar-refractivity contribution in [3.8, 4) is 44.5 Å². The van der Waals surface area contributed by atoms with Gasteiger partial charge in [0.05, 0.1) is 0 Å². The van der Waals surface area contributed by atoms with Crippen molar-refractivity contribution in [1.82, 2.24) is 0 Å². The molecule has 5 heteroatoms. The zero-order valence-electron chi connectivity index (χ0n) is 25.9. The van der Waals surface area contributed by atoms with Gasteiger partial charge in [-0.15, -0.1) is 16.4 Å². The highest BCUT2D eigenvalue weighted by atomic mass is 14.4. The molecule has 0 saturated carbocycles. The molecule has 0 atom stereocenters. The lowest BCUT2D eigenvalue weighted by molar-refractivity contribution is 0.662. The highest BCUT2D eigenvalue weighted by Crippen LogP contribution is 2.52.